The number of aliphatic hydroxyl groups excluding tert-OH is 1. The summed E-state index contributed by atoms with van der Waals surface area (Å²) in [6.07, 6.45) is 2.35. The van der Waals surface area contributed by atoms with Crippen LogP contribution >= 0.6 is 23.7 Å². The lowest BCUT2D eigenvalue weighted by Crippen LogP contribution is -2.48. The maximum absolute atomic E-state index is 12.1. The Hall–Kier alpha value is -0.620. The normalized spacial score (nSPS) is 18.9. The highest BCUT2D eigenvalue weighted by atomic mass is 35.5. The van der Waals surface area contributed by atoms with E-state index in [-0.39, 0.29) is 18.3 Å². The van der Waals surface area contributed by atoms with Crippen LogP contribution < -0.4 is 5.73 Å². The van der Waals surface area contributed by atoms with Crippen molar-refractivity contribution in [1.82, 2.24) is 4.90 Å². The number of nitrogens with two attached hydrogens (primary N) is 1. The fraction of sp³-hybridized carbons (Fsp3) is 0.583. The van der Waals surface area contributed by atoms with Crippen LogP contribution in [0.25, 0.3) is 0 Å². The first-order valence-electron chi connectivity index (χ1n) is 5.94. The van der Waals surface area contributed by atoms with E-state index < -0.39 is 12.1 Å². The van der Waals surface area contributed by atoms with E-state index in [2.05, 4.69) is 0 Å². The molecule has 0 spiro atoms. The van der Waals surface area contributed by atoms with E-state index in [1.54, 1.807) is 11.0 Å². The zero-order valence-electron chi connectivity index (χ0n) is 10.1. The van der Waals surface area contributed by atoms with Gasteiger partial charge in [0.1, 0.15) is 12.1 Å². The highest BCUT2D eigenvalue weighted by Crippen LogP contribution is 2.20. The zero-order chi connectivity index (χ0) is 12.3. The molecule has 0 radical (unpaired) electrons. The number of hydrogen-bond donors (Lipinski definition) is 2. The van der Waals surface area contributed by atoms with Crippen LogP contribution in [-0.2, 0) is 4.79 Å². The van der Waals surface area contributed by atoms with E-state index in [9.17, 15) is 9.90 Å². The van der Waals surface area contributed by atoms with Crippen molar-refractivity contribution in [2.75, 3.05) is 13.1 Å². The van der Waals surface area contributed by atoms with Crippen LogP contribution in [0.3, 0.4) is 0 Å². The highest BCUT2D eigenvalue weighted by molar-refractivity contribution is 7.07. The summed E-state index contributed by atoms with van der Waals surface area (Å²) in [6.45, 7) is 1.53. The molecule has 2 heterocycles. The van der Waals surface area contributed by atoms with E-state index in [4.69, 9.17) is 5.73 Å². The van der Waals surface area contributed by atoms with Gasteiger partial charge in [0, 0.05) is 13.1 Å². The summed E-state index contributed by atoms with van der Waals surface area (Å²) >= 11 is 1.49. The first kappa shape index (κ1) is 15.4. The Bertz CT molecular complexity index is 366. The average Bonchev–Trinajstić information content (AvgIpc) is 2.91. The van der Waals surface area contributed by atoms with Crippen molar-refractivity contribution in [1.29, 1.82) is 0 Å². The second kappa shape index (κ2) is 7.09. The summed E-state index contributed by atoms with van der Waals surface area (Å²) in [4.78, 5) is 13.8. The molecule has 18 heavy (non-hydrogen) atoms. The summed E-state index contributed by atoms with van der Waals surface area (Å²) in [5.41, 5.74) is 6.58. The predicted molar refractivity (Wildman–Crippen MR) is 74.9 cm³/mol. The number of carbonyl (C=O) groups is 1. The Labute approximate surface area is 117 Å². The number of amides is 1. The summed E-state index contributed by atoms with van der Waals surface area (Å²) < 4.78 is 0. The van der Waals surface area contributed by atoms with Gasteiger partial charge in [-0.2, -0.15) is 11.3 Å². The predicted octanol–water partition coefficient (Wildman–Crippen LogP) is 1.54. The number of rotatable bonds is 3. The molecule has 1 aromatic heterocycles. The lowest BCUT2D eigenvalue weighted by molar-refractivity contribution is -0.136. The number of aliphatic hydroxyl groups is 1. The van der Waals surface area contributed by atoms with Gasteiger partial charge in [-0.3, -0.25) is 4.79 Å². The maximum atomic E-state index is 12.1. The van der Waals surface area contributed by atoms with Gasteiger partial charge in [-0.25, -0.2) is 0 Å². The molecular weight excluding hydrogens is 272 g/mol. The van der Waals surface area contributed by atoms with Crippen LogP contribution in [0.2, 0.25) is 0 Å². The van der Waals surface area contributed by atoms with Crippen molar-refractivity contribution in [2.24, 2.45) is 5.73 Å². The molecule has 6 heteroatoms. The van der Waals surface area contributed by atoms with Crippen LogP contribution in [0.5, 0.6) is 0 Å². The lowest BCUT2D eigenvalue weighted by Gasteiger charge is -2.30. The molecule has 1 aliphatic rings. The number of piperidine rings is 1. The van der Waals surface area contributed by atoms with Gasteiger partial charge in [0.25, 0.3) is 0 Å². The van der Waals surface area contributed by atoms with Gasteiger partial charge in [0.2, 0.25) is 5.91 Å². The Morgan fingerprint density at radius 1 is 1.39 bits per heavy atom. The third-order valence-corrected chi connectivity index (χ3v) is 3.88. The molecule has 2 rings (SSSR count). The molecule has 4 nitrogen and oxygen atoms in total. The van der Waals surface area contributed by atoms with Crippen LogP contribution in [-0.4, -0.2) is 35.0 Å². The SMILES string of the molecule is Cl.NC(C(=O)N1CCCCC1)C(O)c1ccsc1. The highest BCUT2D eigenvalue weighted by Gasteiger charge is 2.29. The molecule has 2 atom stereocenters. The van der Waals surface area contributed by atoms with E-state index in [0.29, 0.717) is 0 Å². The van der Waals surface area contributed by atoms with E-state index in [0.717, 1.165) is 31.5 Å². The molecule has 1 aliphatic heterocycles. The van der Waals surface area contributed by atoms with Gasteiger partial charge in [-0.1, -0.05) is 0 Å². The van der Waals surface area contributed by atoms with Crippen molar-refractivity contribution >= 4 is 29.7 Å². The second-order valence-corrected chi connectivity index (χ2v) is 5.19. The number of likely N-dealkylation sites (tertiary alicyclic amines) is 1. The smallest absolute Gasteiger partial charge is 0.242 e. The molecule has 0 aromatic carbocycles. The second-order valence-electron chi connectivity index (χ2n) is 4.41. The molecule has 0 saturated carbocycles. The monoisotopic (exact) mass is 290 g/mol. The topological polar surface area (TPSA) is 66.6 Å². The van der Waals surface area contributed by atoms with Crippen LogP contribution in [0.4, 0.5) is 0 Å². The van der Waals surface area contributed by atoms with Crippen molar-refractivity contribution < 1.29 is 9.90 Å². The lowest BCUT2D eigenvalue weighted by atomic mass is 10.0. The minimum absolute atomic E-state index is 0. The minimum Gasteiger partial charge on any atom is -0.386 e. The Kier molecular flexibility index (Phi) is 6.08. The molecule has 1 aromatic rings. The molecule has 2 unspecified atom stereocenters. The van der Waals surface area contributed by atoms with Gasteiger partial charge in [-0.05, 0) is 41.7 Å². The largest absolute Gasteiger partial charge is 0.386 e. The van der Waals surface area contributed by atoms with E-state index in [1.807, 2.05) is 10.8 Å². The van der Waals surface area contributed by atoms with Crippen molar-refractivity contribution in [3.63, 3.8) is 0 Å². The molecule has 102 valence electrons. The molecule has 0 aliphatic carbocycles. The number of nitrogens with zero attached hydrogens (tertiary/aromatic N) is 1. The Morgan fingerprint density at radius 3 is 2.61 bits per heavy atom. The fourth-order valence-electron chi connectivity index (χ4n) is 2.11. The molecule has 1 fully saturated rings. The summed E-state index contributed by atoms with van der Waals surface area (Å²) in [6, 6.07) is 0.960. The van der Waals surface area contributed by atoms with Crippen molar-refractivity contribution in [2.45, 2.75) is 31.4 Å². The standard InChI is InChI=1S/C12H18N2O2S.ClH/c13-10(11(15)9-4-7-17-8-9)12(16)14-5-2-1-3-6-14;/h4,7-8,10-11,15H,1-3,5-6,13H2;1H. The minimum atomic E-state index is -0.893. The fourth-order valence-corrected chi connectivity index (χ4v) is 2.80. The number of halogens is 1. The molecule has 1 amide bonds. The number of hydrogen-bond acceptors (Lipinski definition) is 4. The average molecular weight is 291 g/mol. The Balaban J connectivity index is 0.00000162. The summed E-state index contributed by atoms with van der Waals surface area (Å²) in [7, 11) is 0. The third kappa shape index (κ3) is 3.45. The first-order chi connectivity index (χ1) is 8.20. The van der Waals surface area contributed by atoms with Gasteiger partial charge >= 0.3 is 0 Å². The quantitative estimate of drug-likeness (QED) is 0.887. The molecule has 0 bridgehead atoms. The summed E-state index contributed by atoms with van der Waals surface area (Å²) in [5, 5.41) is 13.7. The van der Waals surface area contributed by atoms with Crippen molar-refractivity contribution in [3.05, 3.63) is 22.4 Å². The van der Waals surface area contributed by atoms with Gasteiger partial charge in [0.05, 0.1) is 0 Å². The number of carbonyl (C=O) groups excluding carboxylic acids is 1. The van der Waals surface area contributed by atoms with Crippen molar-refractivity contribution in [3.8, 4) is 0 Å². The molecule has 3 N–H and O–H groups in total. The van der Waals surface area contributed by atoms with Gasteiger partial charge in [0.15, 0.2) is 0 Å². The maximum Gasteiger partial charge on any atom is 0.242 e. The molecular formula is C12H19ClN2O2S. The third-order valence-electron chi connectivity index (χ3n) is 3.18. The van der Waals surface area contributed by atoms with Crippen LogP contribution in [0.1, 0.15) is 30.9 Å². The van der Waals surface area contributed by atoms with E-state index in [1.165, 1.54) is 17.8 Å². The first-order valence-corrected chi connectivity index (χ1v) is 6.89. The van der Waals surface area contributed by atoms with Gasteiger partial charge < -0.3 is 15.7 Å². The zero-order valence-corrected chi connectivity index (χ0v) is 11.8. The van der Waals surface area contributed by atoms with E-state index >= 15 is 0 Å². The Morgan fingerprint density at radius 2 is 2.06 bits per heavy atom. The van der Waals surface area contributed by atoms with Crippen LogP contribution in [0.15, 0.2) is 16.8 Å². The summed E-state index contributed by atoms with van der Waals surface area (Å²) in [5.74, 6) is -0.136. The van der Waals surface area contributed by atoms with Gasteiger partial charge in [-0.15, -0.1) is 12.4 Å². The number of thiophene rings is 1. The van der Waals surface area contributed by atoms with Crippen LogP contribution in [0, 0.1) is 0 Å². The molecule has 1 saturated heterocycles.